The summed E-state index contributed by atoms with van der Waals surface area (Å²) in [6.07, 6.45) is 6.04. The minimum absolute atomic E-state index is 0.0353. The van der Waals surface area contributed by atoms with Crippen molar-refractivity contribution in [1.29, 1.82) is 0 Å². The molecule has 3 aromatic heterocycles. The lowest BCUT2D eigenvalue weighted by molar-refractivity contribution is -0.131. The number of carbonyl (C=O) groups excluding carboxylic acids is 1. The molecule has 7 nitrogen and oxygen atoms in total. The van der Waals surface area contributed by atoms with E-state index in [4.69, 9.17) is 9.40 Å². The molecule has 194 valence electrons. The predicted molar refractivity (Wildman–Crippen MR) is 152 cm³/mol. The van der Waals surface area contributed by atoms with Gasteiger partial charge in [0.15, 0.2) is 0 Å². The first kappa shape index (κ1) is 24.6. The number of aromatic nitrogens is 4. The molecule has 1 amide bonds. The maximum absolute atomic E-state index is 13.7. The molecule has 0 saturated heterocycles. The van der Waals surface area contributed by atoms with E-state index in [2.05, 4.69) is 32.7 Å². The summed E-state index contributed by atoms with van der Waals surface area (Å²) in [5.74, 6) is 1.61. The van der Waals surface area contributed by atoms with E-state index in [1.54, 1.807) is 23.6 Å². The molecule has 0 aliphatic rings. The first-order valence-electron chi connectivity index (χ1n) is 13.1. The molecular weight excluding hydrogens is 486 g/mol. The number of para-hydroxylation sites is 3. The van der Waals surface area contributed by atoms with E-state index in [1.165, 1.54) is 0 Å². The van der Waals surface area contributed by atoms with Crippen LogP contribution in [0.5, 0.6) is 0 Å². The second-order valence-corrected chi connectivity index (χ2v) is 9.85. The first-order chi connectivity index (χ1) is 19.1. The van der Waals surface area contributed by atoms with Crippen molar-refractivity contribution < 1.29 is 9.21 Å². The number of benzene rings is 3. The molecule has 39 heavy (non-hydrogen) atoms. The van der Waals surface area contributed by atoms with Crippen molar-refractivity contribution in [3.8, 4) is 11.4 Å². The Morgan fingerprint density at radius 2 is 1.69 bits per heavy atom. The lowest BCUT2D eigenvalue weighted by Gasteiger charge is -2.25. The van der Waals surface area contributed by atoms with Crippen molar-refractivity contribution in [2.75, 3.05) is 7.05 Å². The van der Waals surface area contributed by atoms with Gasteiger partial charge in [-0.2, -0.15) is 0 Å². The Morgan fingerprint density at radius 1 is 0.923 bits per heavy atom. The van der Waals surface area contributed by atoms with Crippen molar-refractivity contribution in [2.24, 2.45) is 0 Å². The SMILES string of the molecule is Cc1ccoc1CN(C)C(=O)CC(Cc1ccccc1)n1c(-c2cccc3nccnc23)nc2ccccc21. The van der Waals surface area contributed by atoms with Gasteiger partial charge in [0, 0.05) is 37.5 Å². The Labute approximate surface area is 226 Å². The van der Waals surface area contributed by atoms with E-state index in [1.807, 2.05) is 74.6 Å². The Balaban J connectivity index is 1.46. The summed E-state index contributed by atoms with van der Waals surface area (Å²) >= 11 is 0. The van der Waals surface area contributed by atoms with Crippen LogP contribution in [0.2, 0.25) is 0 Å². The van der Waals surface area contributed by atoms with E-state index in [0.29, 0.717) is 19.4 Å². The number of furan rings is 1. The summed E-state index contributed by atoms with van der Waals surface area (Å²) in [5, 5.41) is 0. The summed E-state index contributed by atoms with van der Waals surface area (Å²) in [6.45, 7) is 2.42. The third kappa shape index (κ3) is 4.91. The van der Waals surface area contributed by atoms with Crippen LogP contribution in [0.25, 0.3) is 33.5 Å². The van der Waals surface area contributed by atoms with Crippen molar-refractivity contribution in [3.05, 3.63) is 114 Å². The smallest absolute Gasteiger partial charge is 0.224 e. The van der Waals surface area contributed by atoms with Gasteiger partial charge >= 0.3 is 0 Å². The van der Waals surface area contributed by atoms with Crippen LogP contribution in [-0.4, -0.2) is 37.4 Å². The van der Waals surface area contributed by atoms with E-state index in [0.717, 1.165) is 50.3 Å². The van der Waals surface area contributed by atoms with Crippen LogP contribution in [0.4, 0.5) is 0 Å². The topological polar surface area (TPSA) is 77.0 Å². The van der Waals surface area contributed by atoms with Gasteiger partial charge in [0.05, 0.1) is 34.9 Å². The van der Waals surface area contributed by atoms with E-state index < -0.39 is 0 Å². The van der Waals surface area contributed by atoms with Crippen molar-refractivity contribution in [3.63, 3.8) is 0 Å². The lowest BCUT2D eigenvalue weighted by Crippen LogP contribution is -2.29. The van der Waals surface area contributed by atoms with Crippen LogP contribution in [-0.2, 0) is 17.8 Å². The van der Waals surface area contributed by atoms with Gasteiger partial charge in [-0.15, -0.1) is 0 Å². The van der Waals surface area contributed by atoms with E-state index in [9.17, 15) is 4.79 Å². The fourth-order valence-electron chi connectivity index (χ4n) is 5.15. The molecule has 7 heteroatoms. The Morgan fingerprint density at radius 3 is 2.51 bits per heavy atom. The monoisotopic (exact) mass is 515 g/mol. The quantitative estimate of drug-likeness (QED) is 0.235. The highest BCUT2D eigenvalue weighted by molar-refractivity contribution is 5.92. The number of fused-ring (bicyclic) bond motifs is 2. The molecule has 6 aromatic rings. The standard InChI is InChI=1S/C32H29N5O2/c1-22-15-18-39-29(22)21-36(2)30(38)20-24(19-23-9-4-3-5-10-23)37-28-14-7-6-12-26(28)35-32(37)25-11-8-13-27-31(25)34-17-16-33-27/h3-18,24H,19-21H2,1-2H3. The van der Waals surface area contributed by atoms with Crippen LogP contribution in [0, 0.1) is 6.92 Å². The van der Waals surface area contributed by atoms with Gasteiger partial charge in [-0.1, -0.05) is 48.5 Å². The Hall–Kier alpha value is -4.78. The maximum atomic E-state index is 13.7. The lowest BCUT2D eigenvalue weighted by atomic mass is 10.0. The molecule has 0 fully saturated rings. The van der Waals surface area contributed by atoms with Gasteiger partial charge in [0.1, 0.15) is 11.6 Å². The van der Waals surface area contributed by atoms with Crippen molar-refractivity contribution in [2.45, 2.75) is 32.4 Å². The zero-order chi connectivity index (χ0) is 26.8. The average molecular weight is 516 g/mol. The molecule has 1 atom stereocenters. The highest BCUT2D eigenvalue weighted by Crippen LogP contribution is 2.34. The van der Waals surface area contributed by atoms with Gasteiger partial charge < -0.3 is 13.9 Å². The molecule has 0 aliphatic heterocycles. The molecule has 6 rings (SSSR count). The number of amides is 1. The Bertz CT molecular complexity index is 1750. The van der Waals surface area contributed by atoms with Crippen molar-refractivity contribution in [1.82, 2.24) is 24.4 Å². The normalized spacial score (nSPS) is 12.2. The number of nitrogens with zero attached hydrogens (tertiary/aromatic N) is 5. The molecular formula is C32H29N5O2. The molecule has 0 aliphatic carbocycles. The minimum atomic E-state index is -0.186. The molecule has 3 heterocycles. The van der Waals surface area contributed by atoms with Gasteiger partial charge in [0.2, 0.25) is 5.91 Å². The van der Waals surface area contributed by atoms with Gasteiger partial charge in [-0.25, -0.2) is 4.98 Å². The van der Waals surface area contributed by atoms with E-state index in [-0.39, 0.29) is 11.9 Å². The molecule has 0 spiro atoms. The fourth-order valence-corrected chi connectivity index (χ4v) is 5.15. The summed E-state index contributed by atoms with van der Waals surface area (Å²) in [7, 11) is 1.83. The number of rotatable bonds is 8. The summed E-state index contributed by atoms with van der Waals surface area (Å²) in [5.41, 5.74) is 6.52. The number of aryl methyl sites for hydroxylation is 1. The van der Waals surface area contributed by atoms with Crippen LogP contribution in [0.3, 0.4) is 0 Å². The van der Waals surface area contributed by atoms with Gasteiger partial charge in [-0.3, -0.25) is 14.8 Å². The minimum Gasteiger partial charge on any atom is -0.467 e. The third-order valence-electron chi connectivity index (χ3n) is 7.20. The molecule has 0 N–H and O–H groups in total. The zero-order valence-electron chi connectivity index (χ0n) is 22.0. The predicted octanol–water partition coefficient (Wildman–Crippen LogP) is 6.38. The second kappa shape index (κ2) is 10.5. The van der Waals surface area contributed by atoms with Gasteiger partial charge in [0.25, 0.3) is 0 Å². The number of imidazole rings is 1. The summed E-state index contributed by atoms with van der Waals surface area (Å²) < 4.78 is 7.83. The average Bonchev–Trinajstić information content (AvgIpc) is 3.55. The zero-order valence-corrected chi connectivity index (χ0v) is 22.0. The number of hydrogen-bond donors (Lipinski definition) is 0. The highest BCUT2D eigenvalue weighted by Gasteiger charge is 2.26. The number of carbonyl (C=O) groups is 1. The molecule has 0 radical (unpaired) electrons. The van der Waals surface area contributed by atoms with Crippen LogP contribution < -0.4 is 0 Å². The second-order valence-electron chi connectivity index (χ2n) is 9.85. The van der Waals surface area contributed by atoms with Crippen molar-refractivity contribution >= 4 is 28.0 Å². The maximum Gasteiger partial charge on any atom is 0.224 e. The van der Waals surface area contributed by atoms with Crippen LogP contribution in [0.1, 0.15) is 29.3 Å². The van der Waals surface area contributed by atoms with E-state index >= 15 is 0 Å². The summed E-state index contributed by atoms with van der Waals surface area (Å²) in [6, 6.07) is 26.1. The molecule has 3 aromatic carbocycles. The Kier molecular flexibility index (Phi) is 6.63. The highest BCUT2D eigenvalue weighted by atomic mass is 16.3. The molecule has 0 saturated carbocycles. The first-order valence-corrected chi connectivity index (χ1v) is 13.1. The third-order valence-corrected chi connectivity index (χ3v) is 7.20. The molecule has 0 bridgehead atoms. The molecule has 1 unspecified atom stereocenters. The van der Waals surface area contributed by atoms with Crippen LogP contribution in [0.15, 0.2) is 102 Å². The fraction of sp³-hybridized carbons (Fsp3) is 0.188. The largest absolute Gasteiger partial charge is 0.467 e. The number of hydrogen-bond acceptors (Lipinski definition) is 5. The van der Waals surface area contributed by atoms with Crippen LogP contribution >= 0.6 is 0 Å². The van der Waals surface area contributed by atoms with Gasteiger partial charge in [-0.05, 0) is 54.8 Å². The summed E-state index contributed by atoms with van der Waals surface area (Å²) in [4.78, 5) is 29.7.